The van der Waals surface area contributed by atoms with E-state index in [4.69, 9.17) is 22.1 Å². The molecule has 0 radical (unpaired) electrons. The molecule has 2 aromatic rings. The third kappa shape index (κ3) is 4.46. The predicted octanol–water partition coefficient (Wildman–Crippen LogP) is 2.53. The molecule has 8 heteroatoms. The fourth-order valence-corrected chi connectivity index (χ4v) is 3.55. The first-order valence-electron chi connectivity index (χ1n) is 9.34. The number of halogens is 1. The standard InChI is InChI=1S/C20H24ClN5O2/c1-13(2)28-18-10-24-20(25-7-3-4-17(23)12-25)26(19(18)27)11-15-8-16(21)6-5-14(15)9-22/h5-6,8,10,13,17H,3-4,7,11-12,23H2,1-2H3/t17-/m1/s1. The number of ether oxygens (including phenoxy) is 1. The molecule has 1 aromatic heterocycles. The average molecular weight is 402 g/mol. The summed E-state index contributed by atoms with van der Waals surface area (Å²) >= 11 is 6.12. The largest absolute Gasteiger partial charge is 0.484 e. The van der Waals surface area contributed by atoms with Crippen molar-refractivity contribution in [1.82, 2.24) is 9.55 Å². The summed E-state index contributed by atoms with van der Waals surface area (Å²) < 4.78 is 7.18. The summed E-state index contributed by atoms with van der Waals surface area (Å²) in [5.41, 5.74) is 6.95. The van der Waals surface area contributed by atoms with Crippen LogP contribution in [0.1, 0.15) is 37.8 Å². The quantitative estimate of drug-likeness (QED) is 0.826. The van der Waals surface area contributed by atoms with Crippen molar-refractivity contribution in [1.29, 1.82) is 5.26 Å². The monoisotopic (exact) mass is 401 g/mol. The molecule has 1 aromatic carbocycles. The molecule has 1 saturated heterocycles. The first-order valence-corrected chi connectivity index (χ1v) is 9.72. The van der Waals surface area contributed by atoms with Gasteiger partial charge in [-0.1, -0.05) is 11.6 Å². The molecule has 2 heterocycles. The molecular weight excluding hydrogens is 378 g/mol. The first kappa shape index (κ1) is 20.2. The van der Waals surface area contributed by atoms with Crippen molar-refractivity contribution in [3.8, 4) is 11.8 Å². The highest BCUT2D eigenvalue weighted by Crippen LogP contribution is 2.22. The summed E-state index contributed by atoms with van der Waals surface area (Å²) in [6.07, 6.45) is 3.19. The molecule has 0 spiro atoms. The van der Waals surface area contributed by atoms with Crippen LogP contribution < -0.4 is 20.9 Å². The van der Waals surface area contributed by atoms with E-state index < -0.39 is 0 Å². The Morgan fingerprint density at radius 3 is 2.93 bits per heavy atom. The summed E-state index contributed by atoms with van der Waals surface area (Å²) in [5, 5.41) is 9.94. The third-order valence-electron chi connectivity index (χ3n) is 4.61. The lowest BCUT2D eigenvalue weighted by molar-refractivity contribution is 0.236. The van der Waals surface area contributed by atoms with Crippen molar-refractivity contribution in [2.45, 2.75) is 45.4 Å². The minimum Gasteiger partial charge on any atom is -0.484 e. The molecule has 28 heavy (non-hydrogen) atoms. The predicted molar refractivity (Wildman–Crippen MR) is 109 cm³/mol. The molecule has 3 rings (SSSR count). The molecule has 1 fully saturated rings. The number of nitriles is 1. The molecule has 148 valence electrons. The molecule has 2 N–H and O–H groups in total. The molecular formula is C20H24ClN5O2. The zero-order chi connectivity index (χ0) is 20.3. The molecule has 0 unspecified atom stereocenters. The van der Waals surface area contributed by atoms with Gasteiger partial charge in [0.05, 0.1) is 30.5 Å². The number of rotatable bonds is 5. The zero-order valence-electron chi connectivity index (χ0n) is 16.1. The lowest BCUT2D eigenvalue weighted by Gasteiger charge is -2.33. The summed E-state index contributed by atoms with van der Waals surface area (Å²) in [4.78, 5) is 19.7. The minimum atomic E-state index is -0.290. The zero-order valence-corrected chi connectivity index (χ0v) is 16.8. The minimum absolute atomic E-state index is 0.0338. The van der Waals surface area contributed by atoms with E-state index in [1.165, 1.54) is 6.20 Å². The maximum absolute atomic E-state index is 13.2. The van der Waals surface area contributed by atoms with Gasteiger partial charge in [-0.25, -0.2) is 4.98 Å². The summed E-state index contributed by atoms with van der Waals surface area (Å²) in [7, 11) is 0. The molecule has 0 amide bonds. The van der Waals surface area contributed by atoms with Crippen molar-refractivity contribution in [2.75, 3.05) is 18.0 Å². The van der Waals surface area contributed by atoms with Crippen molar-refractivity contribution < 1.29 is 4.74 Å². The Balaban J connectivity index is 2.09. The van der Waals surface area contributed by atoms with Gasteiger partial charge < -0.3 is 15.4 Å². The fraction of sp³-hybridized carbons (Fsp3) is 0.450. The fourth-order valence-electron chi connectivity index (χ4n) is 3.36. The summed E-state index contributed by atoms with van der Waals surface area (Å²) in [5.74, 6) is 0.709. The highest BCUT2D eigenvalue weighted by Gasteiger charge is 2.23. The number of hydrogen-bond acceptors (Lipinski definition) is 6. The maximum Gasteiger partial charge on any atom is 0.297 e. The van der Waals surface area contributed by atoms with Gasteiger partial charge in [0.1, 0.15) is 0 Å². The molecule has 7 nitrogen and oxygen atoms in total. The van der Waals surface area contributed by atoms with E-state index in [-0.39, 0.29) is 30.0 Å². The second-order valence-corrected chi connectivity index (χ2v) is 7.68. The van der Waals surface area contributed by atoms with Gasteiger partial charge in [0.2, 0.25) is 11.7 Å². The van der Waals surface area contributed by atoms with E-state index in [9.17, 15) is 10.1 Å². The van der Waals surface area contributed by atoms with E-state index in [1.54, 1.807) is 22.8 Å². The lowest BCUT2D eigenvalue weighted by Crippen LogP contribution is -2.45. The number of anilines is 1. The highest BCUT2D eigenvalue weighted by atomic mass is 35.5. The number of nitrogens with two attached hydrogens (primary N) is 1. The van der Waals surface area contributed by atoms with Gasteiger partial charge in [0, 0.05) is 24.2 Å². The van der Waals surface area contributed by atoms with Gasteiger partial charge in [-0.3, -0.25) is 9.36 Å². The summed E-state index contributed by atoms with van der Waals surface area (Å²) in [6.45, 7) is 5.27. The van der Waals surface area contributed by atoms with E-state index >= 15 is 0 Å². The topological polar surface area (TPSA) is 97.2 Å². The van der Waals surface area contributed by atoms with Crippen LogP contribution in [0.4, 0.5) is 5.95 Å². The van der Waals surface area contributed by atoms with Crippen LogP contribution >= 0.6 is 11.6 Å². The third-order valence-corrected chi connectivity index (χ3v) is 4.85. The Morgan fingerprint density at radius 1 is 1.46 bits per heavy atom. The van der Waals surface area contributed by atoms with Crippen LogP contribution in [0, 0.1) is 11.3 Å². The van der Waals surface area contributed by atoms with Crippen molar-refractivity contribution >= 4 is 17.5 Å². The molecule has 0 bridgehead atoms. The van der Waals surface area contributed by atoms with Crippen molar-refractivity contribution in [3.63, 3.8) is 0 Å². The Morgan fingerprint density at radius 2 is 2.25 bits per heavy atom. The van der Waals surface area contributed by atoms with Crippen molar-refractivity contribution in [2.24, 2.45) is 5.73 Å². The second-order valence-electron chi connectivity index (χ2n) is 7.24. The molecule has 0 saturated carbocycles. The Kier molecular flexibility index (Phi) is 6.22. The van der Waals surface area contributed by atoms with Gasteiger partial charge in [-0.15, -0.1) is 0 Å². The van der Waals surface area contributed by atoms with E-state index in [1.807, 2.05) is 18.7 Å². The molecule has 0 aliphatic carbocycles. The average Bonchev–Trinajstić information content (AvgIpc) is 2.65. The normalized spacial score (nSPS) is 16.9. The molecule has 1 aliphatic rings. The lowest BCUT2D eigenvalue weighted by atomic mass is 10.1. The van der Waals surface area contributed by atoms with E-state index in [0.29, 0.717) is 28.6 Å². The van der Waals surface area contributed by atoms with Gasteiger partial charge in [-0.05, 0) is 50.5 Å². The Hall–Kier alpha value is -2.56. The van der Waals surface area contributed by atoms with Crippen LogP contribution in [0.15, 0.2) is 29.2 Å². The summed E-state index contributed by atoms with van der Waals surface area (Å²) in [6, 6.07) is 7.21. The van der Waals surface area contributed by atoms with Crippen LogP contribution in [0.5, 0.6) is 5.75 Å². The van der Waals surface area contributed by atoms with Crippen LogP contribution in [-0.2, 0) is 6.54 Å². The number of nitrogens with zero attached hydrogens (tertiary/aromatic N) is 4. The van der Waals surface area contributed by atoms with E-state index in [0.717, 1.165) is 19.4 Å². The molecule has 1 atom stereocenters. The van der Waals surface area contributed by atoms with Crippen molar-refractivity contribution in [3.05, 3.63) is 50.9 Å². The van der Waals surface area contributed by atoms with Gasteiger partial charge in [0.25, 0.3) is 5.56 Å². The number of piperidine rings is 1. The van der Waals surface area contributed by atoms with Gasteiger partial charge in [0.15, 0.2) is 0 Å². The molecule has 1 aliphatic heterocycles. The number of benzene rings is 1. The van der Waals surface area contributed by atoms with Gasteiger partial charge >= 0.3 is 0 Å². The Bertz CT molecular complexity index is 951. The smallest absolute Gasteiger partial charge is 0.297 e. The van der Waals surface area contributed by atoms with Crippen LogP contribution in [0.3, 0.4) is 0 Å². The SMILES string of the molecule is CC(C)Oc1cnc(N2CCC[C@@H](N)C2)n(Cc2cc(Cl)ccc2C#N)c1=O. The first-order chi connectivity index (χ1) is 13.4. The highest BCUT2D eigenvalue weighted by molar-refractivity contribution is 6.30. The van der Waals surface area contributed by atoms with Gasteiger partial charge in [-0.2, -0.15) is 5.26 Å². The van der Waals surface area contributed by atoms with E-state index in [2.05, 4.69) is 11.1 Å². The Labute approximate surface area is 169 Å². The number of aromatic nitrogens is 2. The van der Waals surface area contributed by atoms with Crippen LogP contribution in [0.25, 0.3) is 0 Å². The van der Waals surface area contributed by atoms with Crippen LogP contribution in [0.2, 0.25) is 5.02 Å². The second kappa shape index (κ2) is 8.63. The number of hydrogen-bond donors (Lipinski definition) is 1. The maximum atomic E-state index is 13.2. The van der Waals surface area contributed by atoms with Crippen LogP contribution in [-0.4, -0.2) is 34.8 Å².